The number of benzene rings is 1. The van der Waals surface area contributed by atoms with Gasteiger partial charge >= 0.3 is 5.97 Å². The lowest BCUT2D eigenvalue weighted by molar-refractivity contribution is 0.0526. The minimum Gasteiger partial charge on any atom is -0.462 e. The molecular formula is C16H22N2O3S. The molecule has 0 aliphatic carbocycles. The quantitative estimate of drug-likeness (QED) is 0.655. The van der Waals surface area contributed by atoms with Crippen LogP contribution in [0.1, 0.15) is 30.1 Å². The Morgan fingerprint density at radius 3 is 2.82 bits per heavy atom. The third kappa shape index (κ3) is 4.42. The van der Waals surface area contributed by atoms with Crippen molar-refractivity contribution < 1.29 is 14.6 Å². The molecule has 1 atom stereocenters. The van der Waals surface area contributed by atoms with Crippen molar-refractivity contribution in [3.63, 3.8) is 0 Å². The van der Waals surface area contributed by atoms with E-state index in [1.807, 2.05) is 12.1 Å². The van der Waals surface area contributed by atoms with Crippen molar-refractivity contribution >= 4 is 29.0 Å². The highest BCUT2D eigenvalue weighted by Gasteiger charge is 2.21. The molecule has 1 fully saturated rings. The standard InChI is InChI=1S/C16H22N2O3S/c1-2-21-15(20)13-5-7-14(8-6-13)17-16(22)18-9-3-4-12(10-18)11-19/h5-8,12,19H,2-4,9-11H2,1H3,(H,17,22)/t12-/m1/s1. The molecule has 2 N–H and O–H groups in total. The number of likely N-dealkylation sites (tertiary alicyclic amines) is 1. The SMILES string of the molecule is CCOC(=O)c1ccc(NC(=S)N2CCC[C@@H](CO)C2)cc1. The van der Waals surface area contributed by atoms with Crippen molar-refractivity contribution in [2.45, 2.75) is 19.8 Å². The number of aliphatic hydroxyl groups is 1. The zero-order valence-corrected chi connectivity index (χ0v) is 13.6. The van der Waals surface area contributed by atoms with E-state index in [0.29, 0.717) is 23.2 Å². The van der Waals surface area contributed by atoms with Crippen LogP contribution in [0.4, 0.5) is 5.69 Å². The van der Waals surface area contributed by atoms with Crippen LogP contribution >= 0.6 is 12.2 Å². The van der Waals surface area contributed by atoms with Crippen LogP contribution in [0, 0.1) is 5.92 Å². The van der Waals surface area contributed by atoms with Crippen LogP contribution in [0.2, 0.25) is 0 Å². The molecular weight excluding hydrogens is 300 g/mol. The fourth-order valence-electron chi connectivity index (χ4n) is 2.51. The van der Waals surface area contributed by atoms with Crippen LogP contribution in [0.25, 0.3) is 0 Å². The molecule has 22 heavy (non-hydrogen) atoms. The van der Waals surface area contributed by atoms with E-state index in [9.17, 15) is 9.90 Å². The van der Waals surface area contributed by atoms with Gasteiger partial charge in [-0.2, -0.15) is 0 Å². The van der Waals surface area contributed by atoms with E-state index in [0.717, 1.165) is 31.6 Å². The number of hydrogen-bond acceptors (Lipinski definition) is 4. The zero-order valence-electron chi connectivity index (χ0n) is 12.7. The Hall–Kier alpha value is -1.66. The van der Waals surface area contributed by atoms with Gasteiger partial charge in [0.2, 0.25) is 0 Å². The number of ether oxygens (including phenoxy) is 1. The Morgan fingerprint density at radius 2 is 2.18 bits per heavy atom. The minimum atomic E-state index is -0.321. The lowest BCUT2D eigenvalue weighted by Crippen LogP contribution is -2.43. The van der Waals surface area contributed by atoms with E-state index in [1.54, 1.807) is 19.1 Å². The fourth-order valence-corrected chi connectivity index (χ4v) is 2.79. The summed E-state index contributed by atoms with van der Waals surface area (Å²) < 4.78 is 4.95. The Kier molecular flexibility index (Phi) is 6.15. The van der Waals surface area contributed by atoms with E-state index >= 15 is 0 Å². The maximum Gasteiger partial charge on any atom is 0.338 e. The molecule has 2 rings (SSSR count). The average Bonchev–Trinajstić information content (AvgIpc) is 2.55. The van der Waals surface area contributed by atoms with Gasteiger partial charge in [0.15, 0.2) is 5.11 Å². The molecule has 1 heterocycles. The van der Waals surface area contributed by atoms with Crippen molar-refractivity contribution in [3.05, 3.63) is 29.8 Å². The first-order chi connectivity index (χ1) is 10.6. The molecule has 0 saturated carbocycles. The fraction of sp³-hybridized carbons (Fsp3) is 0.500. The molecule has 5 nitrogen and oxygen atoms in total. The Balaban J connectivity index is 1.92. The zero-order chi connectivity index (χ0) is 15.9. The summed E-state index contributed by atoms with van der Waals surface area (Å²) in [5.41, 5.74) is 1.36. The molecule has 0 radical (unpaired) electrons. The molecule has 1 aliphatic heterocycles. The van der Waals surface area contributed by atoms with Crippen LogP contribution in [0.3, 0.4) is 0 Å². The van der Waals surface area contributed by atoms with Crippen molar-refractivity contribution in [1.82, 2.24) is 4.90 Å². The summed E-state index contributed by atoms with van der Waals surface area (Å²) in [5.74, 6) is -0.0295. The maximum atomic E-state index is 11.6. The second-order valence-electron chi connectivity index (χ2n) is 5.36. The first-order valence-electron chi connectivity index (χ1n) is 7.58. The number of nitrogens with one attached hydrogen (secondary N) is 1. The van der Waals surface area contributed by atoms with Gasteiger partial charge in [-0.1, -0.05) is 0 Å². The molecule has 1 aromatic carbocycles. The van der Waals surface area contributed by atoms with Gasteiger partial charge in [-0.05, 0) is 62.2 Å². The molecule has 1 saturated heterocycles. The Labute approximate surface area is 136 Å². The largest absolute Gasteiger partial charge is 0.462 e. The van der Waals surface area contributed by atoms with E-state index < -0.39 is 0 Å². The predicted octanol–water partition coefficient (Wildman–Crippen LogP) is 2.26. The number of rotatable bonds is 4. The van der Waals surface area contributed by atoms with Crippen LogP contribution < -0.4 is 5.32 Å². The van der Waals surface area contributed by atoms with Gasteiger partial charge in [0.1, 0.15) is 0 Å². The summed E-state index contributed by atoms with van der Waals surface area (Å²) in [6.07, 6.45) is 2.08. The smallest absolute Gasteiger partial charge is 0.338 e. The van der Waals surface area contributed by atoms with Gasteiger partial charge in [-0.3, -0.25) is 0 Å². The average molecular weight is 322 g/mol. The summed E-state index contributed by atoms with van der Waals surface area (Å²) in [6.45, 7) is 4.04. The van der Waals surface area contributed by atoms with Crippen LogP contribution in [-0.4, -0.2) is 47.4 Å². The molecule has 0 spiro atoms. The van der Waals surface area contributed by atoms with Gasteiger partial charge in [-0.15, -0.1) is 0 Å². The minimum absolute atomic E-state index is 0.202. The number of esters is 1. The molecule has 0 unspecified atom stereocenters. The van der Waals surface area contributed by atoms with E-state index in [4.69, 9.17) is 17.0 Å². The summed E-state index contributed by atoms with van der Waals surface area (Å²) in [5, 5.41) is 13.1. The van der Waals surface area contributed by atoms with E-state index in [2.05, 4.69) is 10.2 Å². The molecule has 120 valence electrons. The number of anilines is 1. The molecule has 6 heteroatoms. The van der Waals surface area contributed by atoms with Crippen LogP contribution in [-0.2, 0) is 4.74 Å². The summed E-state index contributed by atoms with van der Waals surface area (Å²) in [6, 6.07) is 7.06. The Bertz CT molecular complexity index is 519. The van der Waals surface area contributed by atoms with Crippen molar-refractivity contribution in [1.29, 1.82) is 0 Å². The summed E-state index contributed by atoms with van der Waals surface area (Å²) in [7, 11) is 0. The van der Waals surface area contributed by atoms with Crippen LogP contribution in [0.5, 0.6) is 0 Å². The van der Waals surface area contributed by atoms with Crippen molar-refractivity contribution in [3.8, 4) is 0 Å². The molecule has 0 amide bonds. The van der Waals surface area contributed by atoms with Gasteiger partial charge in [0.05, 0.1) is 12.2 Å². The third-order valence-corrected chi connectivity index (χ3v) is 4.07. The molecule has 1 aliphatic rings. The van der Waals surface area contributed by atoms with Gasteiger partial charge in [-0.25, -0.2) is 4.79 Å². The molecule has 0 aromatic heterocycles. The summed E-state index contributed by atoms with van der Waals surface area (Å²) >= 11 is 5.42. The number of hydrogen-bond donors (Lipinski definition) is 2. The highest BCUT2D eigenvalue weighted by molar-refractivity contribution is 7.80. The Morgan fingerprint density at radius 1 is 1.45 bits per heavy atom. The number of thiocarbonyl (C=S) groups is 1. The first kappa shape index (κ1) is 16.7. The topological polar surface area (TPSA) is 61.8 Å². The normalized spacial score (nSPS) is 17.9. The third-order valence-electron chi connectivity index (χ3n) is 3.71. The number of nitrogens with zero attached hydrogens (tertiary/aromatic N) is 1. The molecule has 0 bridgehead atoms. The maximum absolute atomic E-state index is 11.6. The predicted molar refractivity (Wildman–Crippen MR) is 90.0 cm³/mol. The second-order valence-corrected chi connectivity index (χ2v) is 5.75. The van der Waals surface area contributed by atoms with Crippen molar-refractivity contribution in [2.75, 3.05) is 31.6 Å². The lowest BCUT2D eigenvalue weighted by atomic mass is 9.99. The highest BCUT2D eigenvalue weighted by Crippen LogP contribution is 2.18. The lowest BCUT2D eigenvalue weighted by Gasteiger charge is -2.33. The van der Waals surface area contributed by atoms with Gasteiger partial charge in [0, 0.05) is 25.4 Å². The van der Waals surface area contributed by atoms with Crippen LogP contribution in [0.15, 0.2) is 24.3 Å². The number of carbonyl (C=O) groups excluding carboxylic acids is 1. The van der Waals surface area contributed by atoms with Gasteiger partial charge < -0.3 is 20.1 Å². The van der Waals surface area contributed by atoms with Crippen molar-refractivity contribution in [2.24, 2.45) is 5.92 Å². The highest BCUT2D eigenvalue weighted by atomic mass is 32.1. The van der Waals surface area contributed by atoms with Gasteiger partial charge in [0.25, 0.3) is 0 Å². The molecule has 1 aromatic rings. The number of aliphatic hydroxyl groups excluding tert-OH is 1. The number of piperidine rings is 1. The first-order valence-corrected chi connectivity index (χ1v) is 7.98. The summed E-state index contributed by atoms with van der Waals surface area (Å²) in [4.78, 5) is 13.7. The van der Waals surface area contributed by atoms with E-state index in [1.165, 1.54) is 0 Å². The monoisotopic (exact) mass is 322 g/mol. The number of carbonyl (C=O) groups is 1. The van der Waals surface area contributed by atoms with E-state index in [-0.39, 0.29) is 12.6 Å². The second kappa shape index (κ2) is 8.10.